The fourth-order valence-corrected chi connectivity index (χ4v) is 1.55. The van der Waals surface area contributed by atoms with Gasteiger partial charge in [0.15, 0.2) is 0 Å². The summed E-state index contributed by atoms with van der Waals surface area (Å²) in [7, 11) is 1.63. The molecular formula is C12H17NO2S. The van der Waals surface area contributed by atoms with Gasteiger partial charge in [-0.05, 0) is 18.1 Å². The molecule has 88 valence electrons. The molecule has 0 aliphatic heterocycles. The molecule has 4 heteroatoms. The van der Waals surface area contributed by atoms with Gasteiger partial charge in [0.05, 0.1) is 12.9 Å². The fourth-order valence-electron chi connectivity index (χ4n) is 1.44. The number of hydrogen-bond donors (Lipinski definition) is 2. The first kappa shape index (κ1) is 12.9. The minimum atomic E-state index is -0.0766. The van der Waals surface area contributed by atoms with Crippen LogP contribution in [0.1, 0.15) is 18.1 Å². The molecule has 0 aromatic heterocycles. The van der Waals surface area contributed by atoms with E-state index in [9.17, 15) is 4.79 Å². The van der Waals surface area contributed by atoms with Crippen molar-refractivity contribution in [3.63, 3.8) is 0 Å². The Hall–Kier alpha value is -1.16. The highest BCUT2D eigenvalue weighted by atomic mass is 32.1. The number of ether oxygens (including phenoxy) is 1. The number of methoxy groups -OCH3 is 1. The van der Waals surface area contributed by atoms with Gasteiger partial charge >= 0.3 is 0 Å². The first-order valence-electron chi connectivity index (χ1n) is 5.24. The van der Waals surface area contributed by atoms with E-state index >= 15 is 0 Å². The van der Waals surface area contributed by atoms with E-state index in [1.807, 2.05) is 12.1 Å². The van der Waals surface area contributed by atoms with Crippen molar-refractivity contribution in [2.24, 2.45) is 0 Å². The molecule has 1 N–H and O–H groups in total. The monoisotopic (exact) mass is 239 g/mol. The van der Waals surface area contributed by atoms with Crippen LogP contribution in [-0.4, -0.2) is 18.8 Å². The lowest BCUT2D eigenvalue weighted by Crippen LogP contribution is -2.24. The van der Waals surface area contributed by atoms with Crippen molar-refractivity contribution in [2.45, 2.75) is 19.9 Å². The molecule has 0 saturated carbocycles. The average Bonchev–Trinajstić information content (AvgIpc) is 2.35. The first-order chi connectivity index (χ1) is 7.71. The van der Waals surface area contributed by atoms with Crippen LogP contribution >= 0.6 is 12.6 Å². The van der Waals surface area contributed by atoms with E-state index in [1.165, 1.54) is 5.56 Å². The largest absolute Gasteiger partial charge is 0.496 e. The number of carbonyl (C=O) groups is 1. The van der Waals surface area contributed by atoms with Crippen LogP contribution in [0.15, 0.2) is 18.2 Å². The van der Waals surface area contributed by atoms with E-state index in [0.29, 0.717) is 6.54 Å². The van der Waals surface area contributed by atoms with Gasteiger partial charge in [0, 0.05) is 12.1 Å². The summed E-state index contributed by atoms with van der Waals surface area (Å²) in [6, 6.07) is 6.02. The highest BCUT2D eigenvalue weighted by molar-refractivity contribution is 7.81. The Morgan fingerprint density at radius 1 is 1.50 bits per heavy atom. The maximum Gasteiger partial charge on any atom is 0.229 e. The molecule has 3 nitrogen and oxygen atoms in total. The lowest BCUT2D eigenvalue weighted by atomic mass is 10.1. The summed E-state index contributed by atoms with van der Waals surface area (Å²) in [4.78, 5) is 11.1. The van der Waals surface area contributed by atoms with Crippen LogP contribution in [0, 0.1) is 0 Å². The third kappa shape index (κ3) is 3.45. The van der Waals surface area contributed by atoms with Crippen molar-refractivity contribution in [1.29, 1.82) is 0 Å². The van der Waals surface area contributed by atoms with Gasteiger partial charge in [-0.1, -0.05) is 19.1 Å². The van der Waals surface area contributed by atoms with E-state index in [-0.39, 0.29) is 11.7 Å². The molecule has 0 aliphatic carbocycles. The smallest absolute Gasteiger partial charge is 0.229 e. The van der Waals surface area contributed by atoms with Crippen LogP contribution in [0.5, 0.6) is 5.75 Å². The van der Waals surface area contributed by atoms with Crippen LogP contribution in [0.4, 0.5) is 0 Å². The minimum Gasteiger partial charge on any atom is -0.496 e. The maximum absolute atomic E-state index is 11.1. The second kappa shape index (κ2) is 6.43. The number of rotatable bonds is 5. The zero-order valence-corrected chi connectivity index (χ0v) is 10.5. The summed E-state index contributed by atoms with van der Waals surface area (Å²) < 4.78 is 5.24. The molecule has 0 radical (unpaired) electrons. The predicted molar refractivity (Wildman–Crippen MR) is 68.1 cm³/mol. The number of aryl methyl sites for hydroxylation is 1. The molecule has 0 heterocycles. The van der Waals surface area contributed by atoms with Crippen molar-refractivity contribution in [3.8, 4) is 5.75 Å². The van der Waals surface area contributed by atoms with E-state index in [1.54, 1.807) is 7.11 Å². The minimum absolute atomic E-state index is 0.0766. The number of thiol groups is 1. The van der Waals surface area contributed by atoms with Crippen molar-refractivity contribution in [3.05, 3.63) is 29.3 Å². The molecule has 1 aromatic rings. The highest BCUT2D eigenvalue weighted by Gasteiger charge is 2.05. The predicted octanol–water partition coefficient (Wildman–Crippen LogP) is 1.80. The second-order valence-corrected chi connectivity index (χ2v) is 3.75. The van der Waals surface area contributed by atoms with Crippen molar-refractivity contribution >= 4 is 18.5 Å². The van der Waals surface area contributed by atoms with Crippen LogP contribution in [0.25, 0.3) is 0 Å². The molecular weight excluding hydrogens is 222 g/mol. The first-order valence-corrected chi connectivity index (χ1v) is 5.87. The van der Waals surface area contributed by atoms with Gasteiger partial charge in [-0.3, -0.25) is 4.79 Å². The van der Waals surface area contributed by atoms with E-state index in [0.717, 1.165) is 17.7 Å². The molecule has 1 rings (SSSR count). The molecule has 0 fully saturated rings. The maximum atomic E-state index is 11.1. The van der Waals surface area contributed by atoms with Crippen LogP contribution in [-0.2, 0) is 17.8 Å². The molecule has 0 unspecified atom stereocenters. The number of benzene rings is 1. The van der Waals surface area contributed by atoms with Crippen molar-refractivity contribution in [2.75, 3.05) is 12.9 Å². The summed E-state index contributed by atoms with van der Waals surface area (Å²) in [5.74, 6) is 0.930. The highest BCUT2D eigenvalue weighted by Crippen LogP contribution is 2.19. The van der Waals surface area contributed by atoms with Gasteiger partial charge in [0.2, 0.25) is 5.91 Å². The third-order valence-electron chi connectivity index (χ3n) is 2.37. The van der Waals surface area contributed by atoms with E-state index in [2.05, 4.69) is 30.9 Å². The molecule has 1 aromatic carbocycles. The Bertz CT molecular complexity index is 366. The number of hydrogen-bond acceptors (Lipinski definition) is 3. The molecule has 0 atom stereocenters. The van der Waals surface area contributed by atoms with E-state index < -0.39 is 0 Å². The van der Waals surface area contributed by atoms with Crippen LogP contribution in [0.2, 0.25) is 0 Å². The zero-order chi connectivity index (χ0) is 12.0. The Kier molecular flexibility index (Phi) is 5.19. The van der Waals surface area contributed by atoms with Crippen LogP contribution in [0.3, 0.4) is 0 Å². The summed E-state index contributed by atoms with van der Waals surface area (Å²) in [6.45, 7) is 2.58. The zero-order valence-electron chi connectivity index (χ0n) is 9.62. The molecule has 0 bridgehead atoms. The SMILES string of the molecule is CCc1ccc(OC)c(CNC(=O)CS)c1. The van der Waals surface area contributed by atoms with Gasteiger partial charge < -0.3 is 10.1 Å². The number of amides is 1. The molecule has 0 saturated heterocycles. The van der Waals surface area contributed by atoms with E-state index in [4.69, 9.17) is 4.74 Å². The van der Waals surface area contributed by atoms with Gasteiger partial charge in [0.25, 0.3) is 0 Å². The van der Waals surface area contributed by atoms with Crippen LogP contribution < -0.4 is 10.1 Å². The van der Waals surface area contributed by atoms with Crippen molar-refractivity contribution < 1.29 is 9.53 Å². The summed E-state index contributed by atoms with van der Waals surface area (Å²) >= 11 is 3.91. The quantitative estimate of drug-likeness (QED) is 0.769. The summed E-state index contributed by atoms with van der Waals surface area (Å²) in [5.41, 5.74) is 2.23. The third-order valence-corrected chi connectivity index (χ3v) is 2.66. The topological polar surface area (TPSA) is 38.3 Å². The van der Waals surface area contributed by atoms with Gasteiger partial charge in [-0.15, -0.1) is 0 Å². The lowest BCUT2D eigenvalue weighted by molar-refractivity contribution is -0.118. The van der Waals surface area contributed by atoms with Gasteiger partial charge in [0.1, 0.15) is 5.75 Å². The molecule has 16 heavy (non-hydrogen) atoms. The number of nitrogens with one attached hydrogen (secondary N) is 1. The van der Waals surface area contributed by atoms with Crippen molar-refractivity contribution in [1.82, 2.24) is 5.32 Å². The Morgan fingerprint density at radius 3 is 2.81 bits per heavy atom. The Balaban J connectivity index is 2.78. The Morgan fingerprint density at radius 2 is 2.25 bits per heavy atom. The second-order valence-electron chi connectivity index (χ2n) is 3.43. The number of carbonyl (C=O) groups excluding carboxylic acids is 1. The lowest BCUT2D eigenvalue weighted by Gasteiger charge is -2.10. The Labute approximate surface area is 102 Å². The molecule has 1 amide bonds. The summed E-state index contributed by atoms with van der Waals surface area (Å²) in [5, 5.41) is 2.78. The average molecular weight is 239 g/mol. The molecule has 0 aliphatic rings. The normalized spacial score (nSPS) is 9.94. The fraction of sp³-hybridized carbons (Fsp3) is 0.417. The molecule has 0 spiro atoms. The van der Waals surface area contributed by atoms with Gasteiger partial charge in [-0.25, -0.2) is 0 Å². The summed E-state index contributed by atoms with van der Waals surface area (Å²) in [6.07, 6.45) is 0.970. The van der Waals surface area contributed by atoms with Gasteiger partial charge in [-0.2, -0.15) is 12.6 Å². The standard InChI is InChI=1S/C12H17NO2S/c1-3-9-4-5-11(15-2)10(6-9)7-13-12(14)8-16/h4-6,16H,3,7-8H2,1-2H3,(H,13,14).